The molecule has 2 saturated heterocycles. The summed E-state index contributed by atoms with van der Waals surface area (Å²) >= 11 is 0. The summed E-state index contributed by atoms with van der Waals surface area (Å²) in [7, 11) is 1.35. The summed E-state index contributed by atoms with van der Waals surface area (Å²) in [4.78, 5) is 30.4. The Labute approximate surface area is 213 Å². The molecular weight excluding hydrogens is 448 g/mol. The Morgan fingerprint density at radius 3 is 2.00 bits per heavy atom. The van der Waals surface area contributed by atoms with E-state index in [-0.39, 0.29) is 11.8 Å². The third-order valence-corrected chi connectivity index (χ3v) is 7.87. The highest BCUT2D eigenvalue weighted by atomic mass is 16.5. The van der Waals surface area contributed by atoms with Crippen molar-refractivity contribution in [3.8, 4) is 0 Å². The summed E-state index contributed by atoms with van der Waals surface area (Å²) in [6.07, 6.45) is 2.34. The van der Waals surface area contributed by atoms with E-state index < -0.39 is 5.97 Å². The zero-order chi connectivity index (χ0) is 24.9. The van der Waals surface area contributed by atoms with E-state index in [1.165, 1.54) is 31.1 Å². The van der Waals surface area contributed by atoms with Gasteiger partial charge in [0.25, 0.3) is 5.91 Å². The summed E-state index contributed by atoms with van der Waals surface area (Å²) in [5.41, 5.74) is 3.47. The number of carbonyl (C=O) groups is 2. The molecule has 186 valence electrons. The fraction of sp³-hybridized carbons (Fsp3) is 0.355. The van der Waals surface area contributed by atoms with Crippen molar-refractivity contribution in [2.75, 3.05) is 39.8 Å². The lowest BCUT2D eigenvalue weighted by Gasteiger charge is -2.34. The maximum absolute atomic E-state index is 13.6. The van der Waals surface area contributed by atoms with Gasteiger partial charge >= 0.3 is 5.97 Å². The molecule has 5 rings (SSSR count). The second-order valence-electron chi connectivity index (χ2n) is 10.0. The molecule has 2 aliphatic heterocycles. The second-order valence-corrected chi connectivity index (χ2v) is 10.0. The smallest absolute Gasteiger partial charge is 0.338 e. The number of nitrogens with zero attached hydrogens (tertiary/aromatic N) is 2. The fourth-order valence-corrected chi connectivity index (χ4v) is 5.93. The molecule has 0 N–H and O–H groups in total. The number of hydrogen-bond donors (Lipinski definition) is 0. The Morgan fingerprint density at radius 1 is 0.778 bits per heavy atom. The van der Waals surface area contributed by atoms with Crippen LogP contribution >= 0.6 is 0 Å². The number of rotatable bonds is 6. The molecule has 1 amide bonds. The lowest BCUT2D eigenvalue weighted by molar-refractivity contribution is 0.0591. The van der Waals surface area contributed by atoms with E-state index in [1.54, 1.807) is 24.3 Å². The number of amides is 1. The van der Waals surface area contributed by atoms with Gasteiger partial charge in [0, 0.05) is 25.6 Å². The van der Waals surface area contributed by atoms with Crippen molar-refractivity contribution in [1.82, 2.24) is 9.80 Å². The number of carbonyl (C=O) groups excluding carboxylic acids is 2. The Bertz CT molecular complexity index is 1170. The molecule has 36 heavy (non-hydrogen) atoms. The van der Waals surface area contributed by atoms with Crippen LogP contribution in [0.1, 0.15) is 56.5 Å². The van der Waals surface area contributed by atoms with Gasteiger partial charge in [-0.25, -0.2) is 4.79 Å². The molecule has 0 radical (unpaired) electrons. The standard InChI is InChI=1S/C31H34N2O3/c1-36-31(35)28-15-9-8-14-27(28)30(34)33-21-26(29(22-33)25-12-6-3-7-13-25)20-32-18-16-24(17-19-32)23-10-4-2-5-11-23/h2-15,24,26,29H,16-22H2,1H3. The predicted molar refractivity (Wildman–Crippen MR) is 141 cm³/mol. The highest BCUT2D eigenvalue weighted by Crippen LogP contribution is 2.36. The quantitative estimate of drug-likeness (QED) is 0.453. The third kappa shape index (κ3) is 5.21. The lowest BCUT2D eigenvalue weighted by atomic mass is 9.86. The van der Waals surface area contributed by atoms with Crippen molar-refractivity contribution < 1.29 is 14.3 Å². The number of hydrogen-bond acceptors (Lipinski definition) is 4. The molecule has 2 heterocycles. The van der Waals surface area contributed by atoms with Gasteiger partial charge in [-0.2, -0.15) is 0 Å². The lowest BCUT2D eigenvalue weighted by Crippen LogP contribution is -2.38. The van der Waals surface area contributed by atoms with Crippen molar-refractivity contribution >= 4 is 11.9 Å². The summed E-state index contributed by atoms with van der Waals surface area (Å²) in [5.74, 6) is 0.670. The number of likely N-dealkylation sites (tertiary alicyclic amines) is 2. The molecule has 0 saturated carbocycles. The molecule has 2 fully saturated rings. The molecule has 0 spiro atoms. The first-order valence-corrected chi connectivity index (χ1v) is 12.9. The zero-order valence-corrected chi connectivity index (χ0v) is 20.9. The molecule has 2 atom stereocenters. The van der Waals surface area contributed by atoms with Crippen LogP contribution in [0.5, 0.6) is 0 Å². The average molecular weight is 483 g/mol. The van der Waals surface area contributed by atoms with Crippen LogP contribution in [0.25, 0.3) is 0 Å². The highest BCUT2D eigenvalue weighted by molar-refractivity contribution is 6.05. The number of benzene rings is 3. The van der Waals surface area contributed by atoms with E-state index in [4.69, 9.17) is 4.74 Å². The van der Waals surface area contributed by atoms with E-state index in [1.807, 2.05) is 11.0 Å². The first-order valence-electron chi connectivity index (χ1n) is 12.9. The van der Waals surface area contributed by atoms with Crippen LogP contribution < -0.4 is 0 Å². The van der Waals surface area contributed by atoms with Crippen LogP contribution in [0.4, 0.5) is 0 Å². The highest BCUT2D eigenvalue weighted by Gasteiger charge is 2.38. The van der Waals surface area contributed by atoms with Gasteiger partial charge in [-0.1, -0.05) is 72.8 Å². The predicted octanol–water partition coefficient (Wildman–Crippen LogP) is 5.21. The van der Waals surface area contributed by atoms with Crippen molar-refractivity contribution in [3.05, 3.63) is 107 Å². The normalized spacial score (nSPS) is 20.9. The maximum atomic E-state index is 13.6. The van der Waals surface area contributed by atoms with Gasteiger partial charge in [-0.05, 0) is 61.0 Å². The van der Waals surface area contributed by atoms with Crippen LogP contribution in [0.3, 0.4) is 0 Å². The van der Waals surface area contributed by atoms with E-state index in [9.17, 15) is 9.59 Å². The van der Waals surface area contributed by atoms with Gasteiger partial charge < -0.3 is 14.5 Å². The molecule has 2 aliphatic rings. The zero-order valence-electron chi connectivity index (χ0n) is 20.9. The van der Waals surface area contributed by atoms with Crippen molar-refractivity contribution in [1.29, 1.82) is 0 Å². The van der Waals surface area contributed by atoms with E-state index >= 15 is 0 Å². The van der Waals surface area contributed by atoms with Gasteiger partial charge in [0.2, 0.25) is 0 Å². The maximum Gasteiger partial charge on any atom is 0.338 e. The third-order valence-electron chi connectivity index (χ3n) is 7.87. The van der Waals surface area contributed by atoms with E-state index in [0.717, 1.165) is 19.6 Å². The fourth-order valence-electron chi connectivity index (χ4n) is 5.93. The molecule has 0 aromatic heterocycles. The van der Waals surface area contributed by atoms with Crippen LogP contribution in [0.15, 0.2) is 84.9 Å². The van der Waals surface area contributed by atoms with Gasteiger partial charge in [-0.3, -0.25) is 4.79 Å². The Morgan fingerprint density at radius 2 is 1.36 bits per heavy atom. The molecule has 5 heteroatoms. The second kappa shape index (κ2) is 11.1. The van der Waals surface area contributed by atoms with Gasteiger partial charge in [0.1, 0.15) is 0 Å². The molecule has 5 nitrogen and oxygen atoms in total. The van der Waals surface area contributed by atoms with Crippen LogP contribution in [0.2, 0.25) is 0 Å². The first kappa shape index (κ1) is 24.3. The van der Waals surface area contributed by atoms with Gasteiger partial charge in [0.05, 0.1) is 18.2 Å². The van der Waals surface area contributed by atoms with Crippen molar-refractivity contribution in [2.24, 2.45) is 5.92 Å². The Balaban J connectivity index is 1.31. The summed E-state index contributed by atoms with van der Waals surface area (Å²) in [6.45, 7) is 4.48. The van der Waals surface area contributed by atoms with Gasteiger partial charge in [-0.15, -0.1) is 0 Å². The number of methoxy groups -OCH3 is 1. The Kier molecular flexibility index (Phi) is 7.47. The minimum absolute atomic E-state index is 0.0952. The summed E-state index contributed by atoms with van der Waals surface area (Å²) in [5, 5.41) is 0. The van der Waals surface area contributed by atoms with Gasteiger partial charge in [0.15, 0.2) is 0 Å². The molecule has 3 aromatic rings. The average Bonchev–Trinajstić information content (AvgIpc) is 3.37. The van der Waals surface area contributed by atoms with Crippen LogP contribution in [-0.4, -0.2) is 61.5 Å². The molecule has 0 bridgehead atoms. The minimum atomic E-state index is -0.476. The first-order chi connectivity index (χ1) is 17.6. The monoisotopic (exact) mass is 482 g/mol. The molecular formula is C31H34N2O3. The molecule has 0 aliphatic carbocycles. The number of esters is 1. The summed E-state index contributed by atoms with van der Waals surface area (Å²) in [6, 6.07) is 28.4. The van der Waals surface area contributed by atoms with Crippen molar-refractivity contribution in [3.63, 3.8) is 0 Å². The Hall–Kier alpha value is -3.44. The molecule has 2 unspecified atom stereocenters. The largest absolute Gasteiger partial charge is 0.465 e. The van der Waals surface area contributed by atoms with E-state index in [2.05, 4.69) is 59.5 Å². The van der Waals surface area contributed by atoms with E-state index in [0.29, 0.717) is 36.1 Å². The number of ether oxygens (including phenoxy) is 1. The van der Waals surface area contributed by atoms with Crippen LogP contribution in [-0.2, 0) is 4.74 Å². The van der Waals surface area contributed by atoms with Crippen molar-refractivity contribution in [2.45, 2.75) is 24.7 Å². The topological polar surface area (TPSA) is 49.9 Å². The summed E-state index contributed by atoms with van der Waals surface area (Å²) < 4.78 is 4.93. The minimum Gasteiger partial charge on any atom is -0.465 e. The molecule has 3 aromatic carbocycles. The SMILES string of the molecule is COC(=O)c1ccccc1C(=O)N1CC(CN2CCC(c3ccccc3)CC2)C(c2ccccc2)C1. The van der Waals surface area contributed by atoms with Crippen LogP contribution in [0, 0.1) is 5.92 Å². The number of piperidine rings is 1.